The Labute approximate surface area is 214 Å². The lowest BCUT2D eigenvalue weighted by Crippen LogP contribution is -2.41. The number of pyridine rings is 1. The van der Waals surface area contributed by atoms with Crippen molar-refractivity contribution in [3.05, 3.63) is 58.8 Å². The number of halogens is 3. The van der Waals surface area contributed by atoms with Gasteiger partial charge in [-0.3, -0.25) is 9.63 Å². The van der Waals surface area contributed by atoms with Gasteiger partial charge in [0.1, 0.15) is 12.2 Å². The van der Waals surface area contributed by atoms with Gasteiger partial charge in [0, 0.05) is 48.9 Å². The van der Waals surface area contributed by atoms with Gasteiger partial charge in [0.25, 0.3) is 5.91 Å². The van der Waals surface area contributed by atoms with E-state index in [0.717, 1.165) is 16.8 Å². The zero-order chi connectivity index (χ0) is 27.4. The second-order valence-electron chi connectivity index (χ2n) is 9.79. The number of alkyl halides is 3. The Morgan fingerprint density at radius 1 is 1.11 bits per heavy atom. The van der Waals surface area contributed by atoms with Crippen molar-refractivity contribution in [1.29, 1.82) is 0 Å². The molecule has 1 aromatic heterocycles. The molecule has 0 N–H and O–H groups in total. The van der Waals surface area contributed by atoms with Crippen LogP contribution >= 0.6 is 0 Å². The lowest BCUT2D eigenvalue weighted by atomic mass is 9.93. The summed E-state index contributed by atoms with van der Waals surface area (Å²) in [4.78, 5) is 35.4. The summed E-state index contributed by atoms with van der Waals surface area (Å²) < 4.78 is 52.2. The molecular formula is C26H32F3N3O5. The second kappa shape index (κ2) is 11.4. The molecule has 0 saturated carbocycles. The number of carbonyl (C=O) groups excluding carboxylic acids is 2. The Bertz CT molecular complexity index is 1110. The molecule has 3 rings (SSSR count). The Morgan fingerprint density at radius 3 is 2.38 bits per heavy atom. The molecule has 0 bridgehead atoms. The zero-order valence-corrected chi connectivity index (χ0v) is 21.6. The number of ether oxygens (including phenoxy) is 2. The molecule has 1 aliphatic rings. The molecule has 202 valence electrons. The van der Waals surface area contributed by atoms with Crippen LogP contribution in [-0.4, -0.2) is 59.8 Å². The number of likely N-dealkylation sites (tertiary alicyclic amines) is 1. The first-order valence-corrected chi connectivity index (χ1v) is 11.9. The number of hydrogen-bond donors (Lipinski definition) is 0. The van der Waals surface area contributed by atoms with Gasteiger partial charge in [-0.05, 0) is 51.8 Å². The van der Waals surface area contributed by atoms with Crippen LogP contribution in [0.4, 0.5) is 18.0 Å². The van der Waals surface area contributed by atoms with Gasteiger partial charge >= 0.3 is 12.3 Å². The maximum absolute atomic E-state index is 13.7. The van der Waals surface area contributed by atoms with E-state index in [2.05, 4.69) is 4.98 Å². The molecule has 2 amide bonds. The third-order valence-corrected chi connectivity index (χ3v) is 5.91. The monoisotopic (exact) mass is 523 g/mol. The molecule has 1 saturated heterocycles. The first-order valence-electron chi connectivity index (χ1n) is 11.9. The van der Waals surface area contributed by atoms with Crippen molar-refractivity contribution < 1.29 is 37.1 Å². The van der Waals surface area contributed by atoms with Gasteiger partial charge in [-0.15, -0.1) is 0 Å². The SMILES string of the molecule is CON(C)C(=O)c1ccc(COc2cccc(C3CCN(C(=O)OC(C)(C)C)CC3)n2)c(C(F)(F)F)c1. The van der Waals surface area contributed by atoms with E-state index in [1.54, 1.807) is 17.0 Å². The highest BCUT2D eigenvalue weighted by molar-refractivity contribution is 5.93. The molecule has 0 unspecified atom stereocenters. The lowest BCUT2D eigenvalue weighted by Gasteiger charge is -2.33. The first-order chi connectivity index (χ1) is 17.3. The summed E-state index contributed by atoms with van der Waals surface area (Å²) in [5.74, 6) is -0.428. The second-order valence-corrected chi connectivity index (χ2v) is 9.79. The van der Waals surface area contributed by atoms with E-state index >= 15 is 0 Å². The summed E-state index contributed by atoms with van der Waals surface area (Å²) in [7, 11) is 2.56. The predicted molar refractivity (Wildman–Crippen MR) is 129 cm³/mol. The van der Waals surface area contributed by atoms with Crippen LogP contribution in [0, 0.1) is 0 Å². The van der Waals surface area contributed by atoms with Crippen LogP contribution in [0.1, 0.15) is 66.7 Å². The normalized spacial score (nSPS) is 14.9. The average Bonchev–Trinajstić information content (AvgIpc) is 2.85. The molecule has 37 heavy (non-hydrogen) atoms. The summed E-state index contributed by atoms with van der Waals surface area (Å²) in [5.41, 5.74) is -1.06. The third kappa shape index (κ3) is 7.58. The van der Waals surface area contributed by atoms with E-state index in [0.29, 0.717) is 25.9 Å². The number of rotatable bonds is 6. The van der Waals surface area contributed by atoms with Crippen molar-refractivity contribution in [2.45, 2.75) is 57.9 Å². The van der Waals surface area contributed by atoms with Crippen LogP contribution in [0.5, 0.6) is 5.88 Å². The largest absolute Gasteiger partial charge is 0.473 e. The number of piperidine rings is 1. The van der Waals surface area contributed by atoms with Crippen molar-refractivity contribution in [3.8, 4) is 5.88 Å². The van der Waals surface area contributed by atoms with E-state index < -0.39 is 23.2 Å². The molecule has 2 aromatic rings. The number of aromatic nitrogens is 1. The quantitative estimate of drug-likeness (QED) is 0.470. The number of hydrogen-bond acceptors (Lipinski definition) is 6. The molecule has 1 fully saturated rings. The van der Waals surface area contributed by atoms with Crippen molar-refractivity contribution in [2.75, 3.05) is 27.2 Å². The van der Waals surface area contributed by atoms with Gasteiger partial charge in [-0.2, -0.15) is 13.2 Å². The van der Waals surface area contributed by atoms with E-state index in [9.17, 15) is 22.8 Å². The van der Waals surface area contributed by atoms with E-state index in [4.69, 9.17) is 14.3 Å². The molecule has 0 spiro atoms. The van der Waals surface area contributed by atoms with Crippen LogP contribution in [-0.2, 0) is 22.4 Å². The fraction of sp³-hybridized carbons (Fsp3) is 0.500. The van der Waals surface area contributed by atoms with Crippen LogP contribution in [0.3, 0.4) is 0 Å². The van der Waals surface area contributed by atoms with Crippen molar-refractivity contribution in [3.63, 3.8) is 0 Å². The number of nitrogens with zero attached hydrogens (tertiary/aromatic N) is 3. The molecule has 8 nitrogen and oxygen atoms in total. The fourth-order valence-corrected chi connectivity index (χ4v) is 3.94. The predicted octanol–water partition coefficient (Wildman–Crippen LogP) is 5.43. The standard InChI is InChI=1S/C26H32F3N3O5/c1-25(2,3)37-24(34)32-13-11-17(12-14-32)21-7-6-8-22(30-21)36-16-19-10-9-18(23(33)31(4)35-5)15-20(19)26(27,28)29/h6-10,15,17H,11-14,16H2,1-5H3. The first kappa shape index (κ1) is 28.2. The van der Waals surface area contributed by atoms with Gasteiger partial charge in [-0.25, -0.2) is 14.8 Å². The average molecular weight is 524 g/mol. The van der Waals surface area contributed by atoms with Gasteiger partial charge in [0.05, 0.1) is 12.7 Å². The number of carbonyl (C=O) groups is 2. The molecule has 1 aliphatic heterocycles. The Hall–Kier alpha value is -3.34. The minimum absolute atomic E-state index is 0.0797. The summed E-state index contributed by atoms with van der Waals surface area (Å²) in [6.45, 7) is 6.11. The molecule has 0 aliphatic carbocycles. The minimum Gasteiger partial charge on any atom is -0.473 e. The zero-order valence-electron chi connectivity index (χ0n) is 21.6. The maximum Gasteiger partial charge on any atom is 0.416 e. The van der Waals surface area contributed by atoms with E-state index in [1.165, 1.54) is 26.3 Å². The Morgan fingerprint density at radius 2 is 1.78 bits per heavy atom. The number of amides is 2. The van der Waals surface area contributed by atoms with Gasteiger partial charge < -0.3 is 14.4 Å². The molecule has 2 heterocycles. The summed E-state index contributed by atoms with van der Waals surface area (Å²) in [6.07, 6.45) is -3.67. The van der Waals surface area contributed by atoms with Gasteiger partial charge in [0.2, 0.25) is 5.88 Å². The Balaban J connectivity index is 1.67. The third-order valence-electron chi connectivity index (χ3n) is 5.91. The van der Waals surface area contributed by atoms with Crippen LogP contribution in [0.25, 0.3) is 0 Å². The fourth-order valence-electron chi connectivity index (χ4n) is 3.94. The summed E-state index contributed by atoms with van der Waals surface area (Å²) in [6, 6.07) is 8.47. The van der Waals surface area contributed by atoms with Crippen LogP contribution in [0.15, 0.2) is 36.4 Å². The molecule has 1 aromatic carbocycles. The highest BCUT2D eigenvalue weighted by Gasteiger charge is 2.35. The van der Waals surface area contributed by atoms with E-state index in [1.807, 2.05) is 26.8 Å². The highest BCUT2D eigenvalue weighted by Crippen LogP contribution is 2.34. The minimum atomic E-state index is -4.68. The Kier molecular flexibility index (Phi) is 8.68. The van der Waals surface area contributed by atoms with Crippen molar-refractivity contribution in [2.24, 2.45) is 0 Å². The number of benzene rings is 1. The lowest BCUT2D eigenvalue weighted by molar-refractivity contribution is -0.138. The topological polar surface area (TPSA) is 81.2 Å². The maximum atomic E-state index is 13.7. The number of hydroxylamine groups is 2. The van der Waals surface area contributed by atoms with Gasteiger partial charge in [0.15, 0.2) is 0 Å². The van der Waals surface area contributed by atoms with Crippen LogP contribution in [0.2, 0.25) is 0 Å². The molecule has 11 heteroatoms. The summed E-state index contributed by atoms with van der Waals surface area (Å²) >= 11 is 0. The van der Waals surface area contributed by atoms with Gasteiger partial charge in [-0.1, -0.05) is 12.1 Å². The summed E-state index contributed by atoms with van der Waals surface area (Å²) in [5, 5.41) is 0.846. The molecule has 0 atom stereocenters. The highest BCUT2D eigenvalue weighted by atomic mass is 19.4. The van der Waals surface area contributed by atoms with Crippen molar-refractivity contribution >= 4 is 12.0 Å². The van der Waals surface area contributed by atoms with E-state index in [-0.39, 0.29) is 35.6 Å². The van der Waals surface area contributed by atoms with Crippen molar-refractivity contribution in [1.82, 2.24) is 14.9 Å². The molecule has 0 radical (unpaired) electrons. The van der Waals surface area contributed by atoms with Crippen LogP contribution < -0.4 is 4.74 Å². The molecular weight excluding hydrogens is 491 g/mol. The smallest absolute Gasteiger partial charge is 0.416 e.